The number of hydrogen-bond acceptors (Lipinski definition) is 4. The number of carbonyl (C=O) groups excluding carboxylic acids is 1. The van der Waals surface area contributed by atoms with Crippen LogP contribution in [0.1, 0.15) is 31.4 Å². The van der Waals surface area contributed by atoms with Crippen LogP contribution in [0.25, 0.3) is 17.1 Å². The molecule has 0 spiro atoms. The van der Waals surface area contributed by atoms with Crippen LogP contribution in [0.4, 0.5) is 0 Å². The van der Waals surface area contributed by atoms with Crippen LogP contribution in [0.2, 0.25) is 0 Å². The predicted molar refractivity (Wildman–Crippen MR) is 115 cm³/mol. The van der Waals surface area contributed by atoms with Crippen molar-refractivity contribution in [1.82, 2.24) is 20.1 Å². The molecule has 0 radical (unpaired) electrons. The van der Waals surface area contributed by atoms with Crippen LogP contribution in [0.3, 0.4) is 0 Å². The average molecular weight is 395 g/mol. The van der Waals surface area contributed by atoms with Gasteiger partial charge < -0.3 is 5.32 Å². The molecule has 0 saturated carbocycles. The first kappa shape index (κ1) is 20.1. The van der Waals surface area contributed by atoms with Crippen LogP contribution in [-0.4, -0.2) is 32.5 Å². The maximum absolute atomic E-state index is 12.3. The highest BCUT2D eigenvalue weighted by atomic mass is 32.2. The van der Waals surface area contributed by atoms with E-state index in [4.69, 9.17) is 0 Å². The van der Waals surface area contributed by atoms with Crippen LogP contribution in [0, 0.1) is 13.8 Å². The van der Waals surface area contributed by atoms with E-state index in [1.54, 1.807) is 0 Å². The topological polar surface area (TPSA) is 59.8 Å². The molecule has 0 aliphatic carbocycles. The predicted octanol–water partition coefficient (Wildman–Crippen LogP) is 4.56. The summed E-state index contributed by atoms with van der Waals surface area (Å²) < 4.78 is 2.04. The van der Waals surface area contributed by atoms with Crippen LogP contribution >= 0.6 is 11.8 Å². The molecule has 0 aliphatic heterocycles. The van der Waals surface area contributed by atoms with E-state index in [1.165, 1.54) is 22.9 Å². The molecule has 0 aliphatic rings. The van der Waals surface area contributed by atoms with Crippen molar-refractivity contribution in [1.29, 1.82) is 0 Å². The van der Waals surface area contributed by atoms with E-state index in [2.05, 4.69) is 47.6 Å². The number of amides is 1. The summed E-state index contributed by atoms with van der Waals surface area (Å²) in [5.74, 6) is 0.787. The molecule has 146 valence electrons. The van der Waals surface area contributed by atoms with Gasteiger partial charge in [-0.3, -0.25) is 9.36 Å². The van der Waals surface area contributed by atoms with Crippen molar-refractivity contribution in [2.24, 2.45) is 0 Å². The van der Waals surface area contributed by atoms with Crippen molar-refractivity contribution in [3.8, 4) is 17.1 Å². The molecule has 28 heavy (non-hydrogen) atoms. The van der Waals surface area contributed by atoms with Crippen molar-refractivity contribution in [3.63, 3.8) is 0 Å². The zero-order chi connectivity index (χ0) is 20.1. The lowest BCUT2D eigenvalue weighted by Gasteiger charge is -2.14. The molecule has 1 N–H and O–H groups in total. The number of nitrogens with one attached hydrogen (secondary N) is 1. The molecule has 2 aromatic carbocycles. The third-order valence-electron chi connectivity index (χ3n) is 4.61. The molecular weight excluding hydrogens is 368 g/mol. The van der Waals surface area contributed by atoms with Gasteiger partial charge in [0.25, 0.3) is 0 Å². The zero-order valence-electron chi connectivity index (χ0n) is 16.8. The zero-order valence-corrected chi connectivity index (χ0v) is 17.6. The van der Waals surface area contributed by atoms with Gasteiger partial charge in [0.05, 0.1) is 10.9 Å². The van der Waals surface area contributed by atoms with Crippen LogP contribution < -0.4 is 5.32 Å². The number of thioether (sulfide) groups is 1. The van der Waals surface area contributed by atoms with E-state index in [0.717, 1.165) is 23.5 Å². The summed E-state index contributed by atoms with van der Waals surface area (Å²) in [6, 6.07) is 16.3. The quantitative estimate of drug-likeness (QED) is 0.597. The van der Waals surface area contributed by atoms with Gasteiger partial charge in [-0.25, -0.2) is 0 Å². The third-order valence-corrected chi connectivity index (χ3v) is 5.66. The first-order valence-corrected chi connectivity index (χ1v) is 10.4. The number of nitrogens with zero attached hydrogens (tertiary/aromatic N) is 3. The molecule has 1 atom stereocenters. The van der Waals surface area contributed by atoms with E-state index in [-0.39, 0.29) is 11.2 Å². The normalized spacial score (nSPS) is 12.0. The molecular formula is C22H26N4OS. The second-order valence-corrected chi connectivity index (χ2v) is 8.14. The SMILES string of the molecule is CCCNC(=O)C(C)Sc1nnc(-c2ccccc2)n1-c1ccc(C)c(C)c1. The van der Waals surface area contributed by atoms with Crippen LogP contribution in [0.15, 0.2) is 53.7 Å². The Hall–Kier alpha value is -2.60. The number of rotatable bonds is 7. The summed E-state index contributed by atoms with van der Waals surface area (Å²) in [6.07, 6.45) is 0.917. The highest BCUT2D eigenvalue weighted by Crippen LogP contribution is 2.30. The minimum absolute atomic E-state index is 0.0164. The number of aryl methyl sites for hydroxylation is 2. The largest absolute Gasteiger partial charge is 0.355 e. The smallest absolute Gasteiger partial charge is 0.233 e. The number of benzene rings is 2. The average Bonchev–Trinajstić information content (AvgIpc) is 3.12. The summed E-state index contributed by atoms with van der Waals surface area (Å²) in [7, 11) is 0. The van der Waals surface area contributed by atoms with E-state index < -0.39 is 0 Å². The molecule has 3 rings (SSSR count). The number of aromatic nitrogens is 3. The fraction of sp³-hybridized carbons (Fsp3) is 0.318. The van der Waals surface area contributed by atoms with E-state index in [0.29, 0.717) is 11.7 Å². The summed E-state index contributed by atoms with van der Waals surface area (Å²) in [5.41, 5.74) is 4.42. The molecule has 0 saturated heterocycles. The Labute approximate surface area is 170 Å². The van der Waals surface area contributed by atoms with Gasteiger partial charge in [0.2, 0.25) is 5.91 Å². The van der Waals surface area contributed by atoms with Crippen molar-refractivity contribution in [3.05, 3.63) is 59.7 Å². The number of carbonyl (C=O) groups is 1. The lowest BCUT2D eigenvalue weighted by molar-refractivity contribution is -0.120. The van der Waals surface area contributed by atoms with Crippen LogP contribution in [-0.2, 0) is 4.79 Å². The van der Waals surface area contributed by atoms with Gasteiger partial charge in [0.1, 0.15) is 0 Å². The maximum atomic E-state index is 12.3. The van der Waals surface area contributed by atoms with E-state index in [1.807, 2.05) is 48.7 Å². The molecule has 0 fully saturated rings. The molecule has 5 nitrogen and oxygen atoms in total. The molecule has 1 aromatic heterocycles. The number of hydrogen-bond donors (Lipinski definition) is 1. The van der Waals surface area contributed by atoms with E-state index in [9.17, 15) is 4.79 Å². The van der Waals surface area contributed by atoms with Crippen molar-refractivity contribution < 1.29 is 4.79 Å². The Kier molecular flexibility index (Phi) is 6.52. The first-order valence-electron chi connectivity index (χ1n) is 9.54. The van der Waals surface area contributed by atoms with Crippen molar-refractivity contribution in [2.45, 2.75) is 44.5 Å². The minimum Gasteiger partial charge on any atom is -0.355 e. The summed E-state index contributed by atoms with van der Waals surface area (Å²) in [5, 5.41) is 12.3. The lowest BCUT2D eigenvalue weighted by atomic mass is 10.1. The Balaban J connectivity index is 2.02. The second kappa shape index (κ2) is 9.06. The van der Waals surface area contributed by atoms with Gasteiger partial charge in [0, 0.05) is 12.1 Å². The molecule has 0 bridgehead atoms. The molecule has 6 heteroatoms. The highest BCUT2D eigenvalue weighted by Gasteiger charge is 2.21. The fourth-order valence-electron chi connectivity index (χ4n) is 2.82. The Morgan fingerprint density at radius 2 is 1.86 bits per heavy atom. The Morgan fingerprint density at radius 1 is 1.11 bits per heavy atom. The van der Waals surface area contributed by atoms with Gasteiger partial charge in [-0.2, -0.15) is 0 Å². The maximum Gasteiger partial charge on any atom is 0.233 e. The molecule has 1 heterocycles. The Bertz CT molecular complexity index is 952. The summed E-state index contributed by atoms with van der Waals surface area (Å²) >= 11 is 1.43. The van der Waals surface area contributed by atoms with Crippen LogP contribution in [0.5, 0.6) is 0 Å². The van der Waals surface area contributed by atoms with Crippen molar-refractivity contribution in [2.75, 3.05) is 6.54 Å². The van der Waals surface area contributed by atoms with Gasteiger partial charge in [-0.1, -0.05) is 55.1 Å². The molecule has 1 unspecified atom stereocenters. The van der Waals surface area contributed by atoms with Gasteiger partial charge in [-0.05, 0) is 50.5 Å². The molecule has 3 aromatic rings. The summed E-state index contributed by atoms with van der Waals surface area (Å²) in [6.45, 7) is 8.82. The van der Waals surface area contributed by atoms with Gasteiger partial charge in [0.15, 0.2) is 11.0 Å². The molecule has 1 amide bonds. The standard InChI is InChI=1S/C22H26N4OS/c1-5-13-23-21(27)17(4)28-22-25-24-20(18-9-7-6-8-10-18)26(22)19-12-11-15(2)16(3)14-19/h6-12,14,17H,5,13H2,1-4H3,(H,23,27). The van der Waals surface area contributed by atoms with E-state index >= 15 is 0 Å². The van der Waals surface area contributed by atoms with Gasteiger partial charge in [-0.15, -0.1) is 10.2 Å². The Morgan fingerprint density at radius 3 is 2.54 bits per heavy atom. The summed E-state index contributed by atoms with van der Waals surface area (Å²) in [4.78, 5) is 12.3. The second-order valence-electron chi connectivity index (χ2n) is 6.83. The lowest BCUT2D eigenvalue weighted by Crippen LogP contribution is -2.31. The third kappa shape index (κ3) is 4.44. The van der Waals surface area contributed by atoms with Crippen molar-refractivity contribution >= 4 is 17.7 Å². The minimum atomic E-state index is -0.260. The fourth-order valence-corrected chi connectivity index (χ4v) is 3.71. The van der Waals surface area contributed by atoms with Gasteiger partial charge >= 0.3 is 0 Å². The first-order chi connectivity index (χ1) is 13.5. The monoisotopic (exact) mass is 394 g/mol. The highest BCUT2D eigenvalue weighted by molar-refractivity contribution is 8.00.